The van der Waals surface area contributed by atoms with Gasteiger partial charge in [-0.1, -0.05) is 0 Å². The van der Waals surface area contributed by atoms with Gasteiger partial charge < -0.3 is 15.5 Å². The number of pyridine rings is 1. The SMILES string of the molecule is Cc1ccc2c(N)c(C(=O)N3CCC(N(C)C)C3)sc2n1. The molecular weight excluding hydrogens is 284 g/mol. The van der Waals surface area contributed by atoms with Gasteiger partial charge >= 0.3 is 0 Å². The molecule has 1 amide bonds. The number of aryl methyl sites for hydroxylation is 1. The van der Waals surface area contributed by atoms with E-state index in [2.05, 4.69) is 24.0 Å². The lowest BCUT2D eigenvalue weighted by atomic mass is 10.2. The summed E-state index contributed by atoms with van der Waals surface area (Å²) in [4.78, 5) is 22.7. The number of hydrogen-bond donors (Lipinski definition) is 1. The van der Waals surface area contributed by atoms with Crippen LogP contribution in [0.4, 0.5) is 5.69 Å². The van der Waals surface area contributed by atoms with Crippen LogP contribution in [0.15, 0.2) is 12.1 Å². The van der Waals surface area contributed by atoms with E-state index in [0.717, 1.165) is 35.4 Å². The van der Waals surface area contributed by atoms with E-state index in [1.165, 1.54) is 11.3 Å². The molecule has 0 bridgehead atoms. The molecule has 21 heavy (non-hydrogen) atoms. The van der Waals surface area contributed by atoms with Crippen molar-refractivity contribution in [3.05, 3.63) is 22.7 Å². The summed E-state index contributed by atoms with van der Waals surface area (Å²) in [6.45, 7) is 3.51. The molecule has 0 aromatic carbocycles. The van der Waals surface area contributed by atoms with Crippen LogP contribution in [0.1, 0.15) is 21.8 Å². The number of carbonyl (C=O) groups excluding carboxylic acids is 1. The molecule has 1 unspecified atom stereocenters. The molecule has 6 heteroatoms. The molecule has 3 heterocycles. The van der Waals surface area contributed by atoms with Crippen LogP contribution in [0, 0.1) is 6.92 Å². The maximum atomic E-state index is 12.7. The number of carbonyl (C=O) groups is 1. The van der Waals surface area contributed by atoms with Crippen molar-refractivity contribution in [3.63, 3.8) is 0 Å². The van der Waals surface area contributed by atoms with Gasteiger partial charge in [-0.2, -0.15) is 0 Å². The van der Waals surface area contributed by atoms with Gasteiger partial charge in [-0.15, -0.1) is 11.3 Å². The minimum absolute atomic E-state index is 0.0394. The number of nitrogens with zero attached hydrogens (tertiary/aromatic N) is 3. The van der Waals surface area contributed by atoms with Crippen molar-refractivity contribution in [1.82, 2.24) is 14.8 Å². The number of thiophene rings is 1. The number of aromatic nitrogens is 1. The molecule has 0 radical (unpaired) electrons. The summed E-state index contributed by atoms with van der Waals surface area (Å²) in [6.07, 6.45) is 1.01. The van der Waals surface area contributed by atoms with Crippen LogP contribution in [0.2, 0.25) is 0 Å². The van der Waals surface area contributed by atoms with Gasteiger partial charge in [0.25, 0.3) is 5.91 Å². The van der Waals surface area contributed by atoms with E-state index >= 15 is 0 Å². The van der Waals surface area contributed by atoms with Crippen molar-refractivity contribution in [2.24, 2.45) is 0 Å². The van der Waals surface area contributed by atoms with Crippen LogP contribution < -0.4 is 5.73 Å². The van der Waals surface area contributed by atoms with Gasteiger partial charge in [-0.25, -0.2) is 4.98 Å². The highest BCUT2D eigenvalue weighted by molar-refractivity contribution is 7.21. The van der Waals surface area contributed by atoms with Gasteiger partial charge in [0.15, 0.2) is 0 Å². The summed E-state index contributed by atoms with van der Waals surface area (Å²) in [6, 6.07) is 4.31. The molecule has 1 fully saturated rings. The fourth-order valence-corrected chi connectivity index (χ4v) is 3.85. The van der Waals surface area contributed by atoms with Gasteiger partial charge in [0.2, 0.25) is 0 Å². The summed E-state index contributed by atoms with van der Waals surface area (Å²) in [5.74, 6) is 0.0394. The molecule has 3 rings (SSSR count). The Bertz CT molecular complexity index is 694. The Morgan fingerprint density at radius 3 is 2.90 bits per heavy atom. The summed E-state index contributed by atoms with van der Waals surface area (Å²) < 4.78 is 0. The second kappa shape index (κ2) is 5.27. The van der Waals surface area contributed by atoms with Crippen molar-refractivity contribution in [1.29, 1.82) is 0 Å². The first-order valence-electron chi connectivity index (χ1n) is 7.08. The molecule has 2 aromatic rings. The summed E-state index contributed by atoms with van der Waals surface area (Å²) in [7, 11) is 4.11. The maximum absolute atomic E-state index is 12.7. The molecule has 5 nitrogen and oxygen atoms in total. The van der Waals surface area contributed by atoms with E-state index in [0.29, 0.717) is 16.6 Å². The minimum Gasteiger partial charge on any atom is -0.397 e. The first kappa shape index (κ1) is 14.3. The molecule has 0 spiro atoms. The smallest absolute Gasteiger partial charge is 0.266 e. The average Bonchev–Trinajstić information content (AvgIpc) is 3.03. The summed E-state index contributed by atoms with van der Waals surface area (Å²) >= 11 is 1.40. The third kappa shape index (κ3) is 2.49. The highest BCUT2D eigenvalue weighted by atomic mass is 32.1. The lowest BCUT2D eigenvalue weighted by molar-refractivity contribution is 0.0789. The van der Waals surface area contributed by atoms with Gasteiger partial charge in [-0.05, 0) is 39.6 Å². The molecule has 1 saturated heterocycles. The van der Waals surface area contributed by atoms with Crippen molar-refractivity contribution >= 4 is 33.1 Å². The predicted octanol–water partition coefficient (Wildman–Crippen LogP) is 1.96. The zero-order valence-electron chi connectivity index (χ0n) is 12.6. The van der Waals surface area contributed by atoms with Crippen molar-refractivity contribution < 1.29 is 4.79 Å². The predicted molar refractivity (Wildman–Crippen MR) is 86.8 cm³/mol. The first-order chi connectivity index (χ1) is 9.97. The fourth-order valence-electron chi connectivity index (χ4n) is 2.74. The van der Waals surface area contributed by atoms with Crippen molar-refractivity contribution in [2.45, 2.75) is 19.4 Å². The summed E-state index contributed by atoms with van der Waals surface area (Å²) in [5.41, 5.74) is 7.68. The summed E-state index contributed by atoms with van der Waals surface area (Å²) in [5, 5.41) is 0.886. The van der Waals surface area contributed by atoms with Crippen LogP contribution in [0.5, 0.6) is 0 Å². The highest BCUT2D eigenvalue weighted by Gasteiger charge is 2.30. The van der Waals surface area contributed by atoms with E-state index in [-0.39, 0.29) is 5.91 Å². The molecule has 2 aromatic heterocycles. The maximum Gasteiger partial charge on any atom is 0.266 e. The van der Waals surface area contributed by atoms with E-state index < -0.39 is 0 Å². The van der Waals surface area contributed by atoms with Crippen molar-refractivity contribution in [2.75, 3.05) is 32.9 Å². The van der Waals surface area contributed by atoms with E-state index in [9.17, 15) is 4.79 Å². The Hall–Kier alpha value is -1.66. The van der Waals surface area contributed by atoms with Gasteiger partial charge in [-0.3, -0.25) is 4.79 Å². The Morgan fingerprint density at radius 2 is 2.24 bits per heavy atom. The van der Waals surface area contributed by atoms with Gasteiger partial charge in [0.1, 0.15) is 9.71 Å². The molecule has 1 aliphatic rings. The highest BCUT2D eigenvalue weighted by Crippen LogP contribution is 2.34. The quantitative estimate of drug-likeness (QED) is 0.921. The fraction of sp³-hybridized carbons (Fsp3) is 0.467. The second-order valence-electron chi connectivity index (χ2n) is 5.81. The Kier molecular flexibility index (Phi) is 3.59. The third-order valence-electron chi connectivity index (χ3n) is 4.11. The number of fused-ring (bicyclic) bond motifs is 1. The van der Waals surface area contributed by atoms with E-state index in [4.69, 9.17) is 5.73 Å². The Morgan fingerprint density at radius 1 is 1.48 bits per heavy atom. The van der Waals surface area contributed by atoms with Crippen LogP contribution >= 0.6 is 11.3 Å². The Balaban J connectivity index is 1.90. The molecule has 0 aliphatic carbocycles. The van der Waals surface area contributed by atoms with Crippen LogP contribution in [0.3, 0.4) is 0 Å². The Labute approximate surface area is 128 Å². The molecule has 112 valence electrons. The zero-order valence-corrected chi connectivity index (χ0v) is 13.4. The standard InChI is InChI=1S/C15H20N4OS/c1-9-4-5-11-12(16)13(21-14(11)17-9)15(20)19-7-6-10(8-19)18(2)3/h4-5,10H,6-8,16H2,1-3H3. The van der Waals surface area contributed by atoms with Crippen LogP contribution in [0.25, 0.3) is 10.2 Å². The lowest BCUT2D eigenvalue weighted by Gasteiger charge is -2.20. The number of anilines is 1. The molecule has 1 atom stereocenters. The normalized spacial score (nSPS) is 18.9. The topological polar surface area (TPSA) is 62.5 Å². The molecule has 1 aliphatic heterocycles. The van der Waals surface area contributed by atoms with E-state index in [1.54, 1.807) is 0 Å². The third-order valence-corrected chi connectivity index (χ3v) is 5.21. The number of likely N-dealkylation sites (N-methyl/N-ethyl adjacent to an activating group) is 1. The minimum atomic E-state index is 0.0394. The van der Waals surface area contributed by atoms with E-state index in [1.807, 2.05) is 24.0 Å². The number of nitrogen functional groups attached to an aromatic ring is 1. The van der Waals surface area contributed by atoms with Gasteiger partial charge in [0, 0.05) is 30.2 Å². The molecule has 2 N–H and O–H groups in total. The average molecular weight is 304 g/mol. The number of rotatable bonds is 2. The molecular formula is C15H20N4OS. The lowest BCUT2D eigenvalue weighted by Crippen LogP contribution is -2.34. The number of likely N-dealkylation sites (tertiary alicyclic amines) is 1. The van der Waals surface area contributed by atoms with Crippen LogP contribution in [-0.4, -0.2) is 53.9 Å². The second-order valence-corrected chi connectivity index (χ2v) is 6.81. The van der Waals surface area contributed by atoms with Gasteiger partial charge in [0.05, 0.1) is 5.69 Å². The number of nitrogens with two attached hydrogens (primary N) is 1. The first-order valence-corrected chi connectivity index (χ1v) is 7.90. The monoisotopic (exact) mass is 304 g/mol. The number of amides is 1. The van der Waals surface area contributed by atoms with Crippen molar-refractivity contribution in [3.8, 4) is 0 Å². The zero-order chi connectivity index (χ0) is 15.1. The number of hydrogen-bond acceptors (Lipinski definition) is 5. The van der Waals surface area contributed by atoms with Crippen LogP contribution in [-0.2, 0) is 0 Å². The molecule has 0 saturated carbocycles. The largest absolute Gasteiger partial charge is 0.397 e.